The molecule has 0 saturated carbocycles. The Morgan fingerprint density at radius 1 is 1.11 bits per heavy atom. The predicted octanol–water partition coefficient (Wildman–Crippen LogP) is 3.93. The van der Waals surface area contributed by atoms with E-state index in [-0.39, 0.29) is 5.75 Å². The van der Waals surface area contributed by atoms with E-state index in [9.17, 15) is 5.11 Å². The van der Waals surface area contributed by atoms with Crippen LogP contribution in [0.15, 0.2) is 46.9 Å². The quantitative estimate of drug-likeness (QED) is 0.932. The first kappa shape index (κ1) is 12.8. The first-order chi connectivity index (χ1) is 8.61. The van der Waals surface area contributed by atoms with Gasteiger partial charge in [0, 0.05) is 23.3 Å². The molecule has 0 amide bonds. The highest BCUT2D eigenvalue weighted by atomic mass is 79.9. The van der Waals surface area contributed by atoms with Gasteiger partial charge in [0.15, 0.2) is 0 Å². The van der Waals surface area contributed by atoms with Crippen molar-refractivity contribution in [2.75, 3.05) is 19.1 Å². The maximum atomic E-state index is 9.45. The van der Waals surface area contributed by atoms with Gasteiger partial charge in [-0.2, -0.15) is 0 Å². The number of phenols is 1. The van der Waals surface area contributed by atoms with Crippen LogP contribution in [0.25, 0.3) is 0 Å². The zero-order valence-corrected chi connectivity index (χ0v) is 11.8. The van der Waals surface area contributed by atoms with E-state index in [4.69, 9.17) is 4.74 Å². The van der Waals surface area contributed by atoms with Gasteiger partial charge in [-0.05, 0) is 36.4 Å². The lowest BCUT2D eigenvalue weighted by Crippen LogP contribution is -2.10. The minimum absolute atomic E-state index is 0.194. The summed E-state index contributed by atoms with van der Waals surface area (Å²) in [4.78, 5) is 2.00. The molecule has 0 bridgehead atoms. The van der Waals surface area contributed by atoms with E-state index in [1.807, 2.05) is 42.3 Å². The van der Waals surface area contributed by atoms with Crippen LogP contribution in [0, 0.1) is 0 Å². The Labute approximate surface area is 115 Å². The molecule has 2 rings (SSSR count). The lowest BCUT2D eigenvalue weighted by molar-refractivity contribution is 0.408. The van der Waals surface area contributed by atoms with E-state index >= 15 is 0 Å². The van der Waals surface area contributed by atoms with E-state index in [2.05, 4.69) is 15.9 Å². The lowest BCUT2D eigenvalue weighted by atomic mass is 10.2. The van der Waals surface area contributed by atoms with Crippen LogP contribution in [-0.2, 0) is 0 Å². The first-order valence-electron chi connectivity index (χ1n) is 5.48. The van der Waals surface area contributed by atoms with Crippen LogP contribution in [0.2, 0.25) is 0 Å². The van der Waals surface area contributed by atoms with Gasteiger partial charge in [0.25, 0.3) is 0 Å². The van der Waals surface area contributed by atoms with Gasteiger partial charge in [-0.15, -0.1) is 0 Å². The molecule has 0 heterocycles. The van der Waals surface area contributed by atoms with Crippen LogP contribution in [0.5, 0.6) is 11.5 Å². The number of benzene rings is 2. The Hall–Kier alpha value is -1.68. The largest absolute Gasteiger partial charge is 0.508 e. The van der Waals surface area contributed by atoms with Crippen molar-refractivity contribution < 1.29 is 9.84 Å². The Bertz CT molecular complexity index is 540. The Kier molecular flexibility index (Phi) is 3.77. The fourth-order valence-electron chi connectivity index (χ4n) is 1.75. The molecule has 1 N–H and O–H groups in total. The van der Waals surface area contributed by atoms with Crippen molar-refractivity contribution in [2.24, 2.45) is 0 Å². The van der Waals surface area contributed by atoms with Crippen molar-refractivity contribution in [3.8, 4) is 11.5 Å². The second-order valence-electron chi connectivity index (χ2n) is 3.89. The topological polar surface area (TPSA) is 32.7 Å². The lowest BCUT2D eigenvalue weighted by Gasteiger charge is -2.22. The van der Waals surface area contributed by atoms with Crippen LogP contribution in [0.1, 0.15) is 0 Å². The zero-order valence-electron chi connectivity index (χ0n) is 10.2. The number of methoxy groups -OCH3 is 1. The minimum Gasteiger partial charge on any atom is -0.508 e. The van der Waals surface area contributed by atoms with Crippen molar-refractivity contribution in [3.63, 3.8) is 0 Å². The zero-order chi connectivity index (χ0) is 13.1. The molecule has 0 unspecified atom stereocenters. The predicted molar refractivity (Wildman–Crippen MR) is 76.9 cm³/mol. The third-order valence-corrected chi connectivity index (χ3v) is 3.27. The summed E-state index contributed by atoms with van der Waals surface area (Å²) in [5, 5.41) is 9.45. The molecular weight excluding hydrogens is 294 g/mol. The molecule has 0 radical (unpaired) electrons. The van der Waals surface area contributed by atoms with Gasteiger partial charge in [0.1, 0.15) is 11.5 Å². The molecule has 0 aromatic heterocycles. The Morgan fingerprint density at radius 3 is 2.39 bits per heavy atom. The highest BCUT2D eigenvalue weighted by Gasteiger charge is 2.10. The third-order valence-electron chi connectivity index (χ3n) is 2.74. The monoisotopic (exact) mass is 307 g/mol. The normalized spacial score (nSPS) is 10.2. The standard InChI is InChI=1S/C14H14BrNO2/c1-16(11-5-3-10(15)4-6-11)13-8-7-12(17)9-14(13)18-2/h3-9,17H,1-2H3. The van der Waals surface area contributed by atoms with E-state index in [0.29, 0.717) is 5.75 Å². The first-order valence-corrected chi connectivity index (χ1v) is 6.27. The van der Waals surface area contributed by atoms with Gasteiger partial charge >= 0.3 is 0 Å². The van der Waals surface area contributed by atoms with Crippen molar-refractivity contribution in [1.29, 1.82) is 0 Å². The maximum Gasteiger partial charge on any atom is 0.146 e. The van der Waals surface area contributed by atoms with Crippen LogP contribution in [-0.4, -0.2) is 19.3 Å². The molecule has 0 aliphatic carbocycles. The summed E-state index contributed by atoms with van der Waals surface area (Å²) >= 11 is 3.41. The van der Waals surface area contributed by atoms with E-state index in [1.165, 1.54) is 0 Å². The molecule has 0 fully saturated rings. The van der Waals surface area contributed by atoms with Crippen LogP contribution in [0.3, 0.4) is 0 Å². The molecule has 2 aromatic rings. The van der Waals surface area contributed by atoms with E-state index in [1.54, 1.807) is 19.2 Å². The van der Waals surface area contributed by atoms with Crippen molar-refractivity contribution in [3.05, 3.63) is 46.9 Å². The Balaban J connectivity index is 2.39. The third kappa shape index (κ3) is 2.59. The van der Waals surface area contributed by atoms with Gasteiger partial charge in [-0.1, -0.05) is 15.9 Å². The fraction of sp³-hybridized carbons (Fsp3) is 0.143. The van der Waals surface area contributed by atoms with Gasteiger partial charge in [0.2, 0.25) is 0 Å². The number of hydrogen-bond donors (Lipinski definition) is 1. The molecule has 0 atom stereocenters. The van der Waals surface area contributed by atoms with Crippen LogP contribution >= 0.6 is 15.9 Å². The Morgan fingerprint density at radius 2 is 1.78 bits per heavy atom. The molecule has 18 heavy (non-hydrogen) atoms. The summed E-state index contributed by atoms with van der Waals surface area (Å²) in [5.74, 6) is 0.834. The summed E-state index contributed by atoms with van der Waals surface area (Å²) in [6.45, 7) is 0. The minimum atomic E-state index is 0.194. The number of phenolic OH excluding ortho intramolecular Hbond substituents is 1. The highest BCUT2D eigenvalue weighted by Crippen LogP contribution is 2.35. The molecule has 0 aliphatic heterocycles. The summed E-state index contributed by atoms with van der Waals surface area (Å²) in [6.07, 6.45) is 0. The molecular formula is C14H14BrNO2. The van der Waals surface area contributed by atoms with Crippen LogP contribution in [0.4, 0.5) is 11.4 Å². The van der Waals surface area contributed by atoms with Crippen molar-refractivity contribution in [2.45, 2.75) is 0 Å². The maximum absolute atomic E-state index is 9.45. The number of hydrogen-bond acceptors (Lipinski definition) is 3. The molecule has 0 spiro atoms. The van der Waals surface area contributed by atoms with Crippen molar-refractivity contribution >= 4 is 27.3 Å². The molecule has 2 aromatic carbocycles. The second-order valence-corrected chi connectivity index (χ2v) is 4.81. The van der Waals surface area contributed by atoms with Crippen molar-refractivity contribution in [1.82, 2.24) is 0 Å². The number of halogens is 1. The number of aromatic hydroxyl groups is 1. The molecule has 4 heteroatoms. The van der Waals surface area contributed by atoms with Crippen LogP contribution < -0.4 is 9.64 Å². The van der Waals surface area contributed by atoms with E-state index < -0.39 is 0 Å². The van der Waals surface area contributed by atoms with E-state index in [0.717, 1.165) is 15.8 Å². The number of anilines is 2. The smallest absolute Gasteiger partial charge is 0.146 e. The molecule has 0 saturated heterocycles. The SMILES string of the molecule is COc1cc(O)ccc1N(C)c1ccc(Br)cc1. The summed E-state index contributed by atoms with van der Waals surface area (Å²) in [5.41, 5.74) is 1.94. The number of rotatable bonds is 3. The average Bonchev–Trinajstić information content (AvgIpc) is 2.38. The molecule has 94 valence electrons. The number of ether oxygens (including phenoxy) is 1. The fourth-order valence-corrected chi connectivity index (χ4v) is 2.01. The van der Waals surface area contributed by atoms with Gasteiger partial charge < -0.3 is 14.7 Å². The van der Waals surface area contributed by atoms with Gasteiger partial charge in [-0.25, -0.2) is 0 Å². The van der Waals surface area contributed by atoms with Gasteiger partial charge in [-0.3, -0.25) is 0 Å². The summed E-state index contributed by atoms with van der Waals surface area (Å²) in [6, 6.07) is 13.1. The summed E-state index contributed by atoms with van der Waals surface area (Å²) < 4.78 is 6.32. The summed E-state index contributed by atoms with van der Waals surface area (Å²) in [7, 11) is 3.55. The average molecular weight is 308 g/mol. The molecule has 0 aliphatic rings. The second kappa shape index (κ2) is 5.31. The highest BCUT2D eigenvalue weighted by molar-refractivity contribution is 9.10. The van der Waals surface area contributed by atoms with Gasteiger partial charge in [0.05, 0.1) is 12.8 Å². The molecule has 3 nitrogen and oxygen atoms in total. The number of nitrogens with zero attached hydrogens (tertiary/aromatic N) is 1.